The molecule has 0 saturated carbocycles. The van der Waals surface area contributed by atoms with Gasteiger partial charge in [0, 0.05) is 30.8 Å². The first kappa shape index (κ1) is 36.6. The van der Waals surface area contributed by atoms with Gasteiger partial charge in [0.05, 0.1) is 22.6 Å². The molecule has 52 heavy (non-hydrogen) atoms. The predicted molar refractivity (Wildman–Crippen MR) is 191 cm³/mol. The summed E-state index contributed by atoms with van der Waals surface area (Å²) in [4.78, 5) is 85.7. The van der Waals surface area contributed by atoms with Gasteiger partial charge in [0.2, 0.25) is 11.8 Å². The molecule has 4 amide bonds. The van der Waals surface area contributed by atoms with Crippen LogP contribution in [-0.4, -0.2) is 82.5 Å². The van der Waals surface area contributed by atoms with Crippen LogP contribution in [0, 0.1) is 0 Å². The average molecular weight is 715 g/mol. The molecule has 3 aromatic carbocycles. The number of fused-ring (bicyclic) bond motifs is 2. The first-order valence-electron chi connectivity index (χ1n) is 16.2. The number of hydrogen-bond acceptors (Lipinski definition) is 10. The van der Waals surface area contributed by atoms with Gasteiger partial charge in [0.15, 0.2) is 5.96 Å². The Kier molecular flexibility index (Phi) is 11.5. The van der Waals surface area contributed by atoms with Gasteiger partial charge in [-0.25, -0.2) is 0 Å². The molecular formula is C34H38N10O8. The number of aromatic nitrogens is 2. The van der Waals surface area contributed by atoms with E-state index in [4.69, 9.17) is 21.9 Å². The Morgan fingerprint density at radius 2 is 1.63 bits per heavy atom. The van der Waals surface area contributed by atoms with Crippen molar-refractivity contribution in [2.24, 2.45) is 22.2 Å². The average Bonchev–Trinajstić information content (AvgIpc) is 3.11. The third kappa shape index (κ3) is 9.51. The topological polar surface area (TPSA) is 302 Å². The van der Waals surface area contributed by atoms with E-state index in [1.54, 1.807) is 12.1 Å². The van der Waals surface area contributed by atoms with Crippen LogP contribution < -0.4 is 54.3 Å². The minimum Gasteiger partial charge on any atom is -0.508 e. The zero-order valence-electron chi connectivity index (χ0n) is 27.7. The molecule has 0 radical (unpaired) electrons. The summed E-state index contributed by atoms with van der Waals surface area (Å²) in [5.74, 6) is -2.40. The van der Waals surface area contributed by atoms with Crippen molar-refractivity contribution in [3.8, 4) is 11.5 Å². The van der Waals surface area contributed by atoms with Gasteiger partial charge in [-0.3, -0.25) is 33.8 Å². The molecule has 0 spiro atoms. The lowest BCUT2D eigenvalue weighted by Crippen LogP contribution is -2.56. The van der Waals surface area contributed by atoms with Gasteiger partial charge in [-0.2, -0.15) is 0 Å². The van der Waals surface area contributed by atoms with Crippen LogP contribution in [0.4, 0.5) is 5.69 Å². The minimum absolute atomic E-state index is 0.00123. The van der Waals surface area contributed by atoms with Gasteiger partial charge in [0.25, 0.3) is 11.8 Å². The molecular weight excluding hydrogens is 676 g/mol. The van der Waals surface area contributed by atoms with E-state index in [1.807, 2.05) is 0 Å². The molecule has 272 valence electrons. The van der Waals surface area contributed by atoms with Crippen molar-refractivity contribution in [3.05, 3.63) is 98.1 Å². The van der Waals surface area contributed by atoms with Crippen molar-refractivity contribution in [1.82, 2.24) is 25.9 Å². The Morgan fingerprint density at radius 3 is 2.37 bits per heavy atom. The first-order chi connectivity index (χ1) is 24.9. The number of nitrogens with one attached hydrogen (secondary N) is 6. The number of amides is 4. The molecule has 0 saturated heterocycles. The number of guanidine groups is 1. The van der Waals surface area contributed by atoms with E-state index < -0.39 is 52.9 Å². The molecule has 0 aliphatic carbocycles. The second-order valence-corrected chi connectivity index (χ2v) is 12.0. The number of ether oxygens (including phenoxy) is 1. The maximum Gasteiger partial charge on any atom is 0.314 e. The highest BCUT2D eigenvalue weighted by Gasteiger charge is 2.28. The monoisotopic (exact) mass is 714 g/mol. The Morgan fingerprint density at radius 1 is 0.904 bits per heavy atom. The number of aliphatic imine (C=N–C) groups is 1. The number of hydrogen-bond donors (Lipinski definition) is 10. The fourth-order valence-corrected chi connectivity index (χ4v) is 5.35. The van der Waals surface area contributed by atoms with Gasteiger partial charge >= 0.3 is 11.1 Å². The fourth-order valence-electron chi connectivity index (χ4n) is 5.35. The number of phenolic OH excluding ortho intramolecular Hbond substituents is 1. The molecule has 13 N–H and O–H groups in total. The highest BCUT2D eigenvalue weighted by Crippen LogP contribution is 2.25. The van der Waals surface area contributed by atoms with Gasteiger partial charge < -0.3 is 58.3 Å². The molecule has 2 heterocycles. The van der Waals surface area contributed by atoms with E-state index in [0.29, 0.717) is 23.9 Å². The lowest BCUT2D eigenvalue weighted by atomic mass is 10.0. The Labute approximate surface area is 295 Å². The number of aromatic amines is 2. The van der Waals surface area contributed by atoms with E-state index in [1.165, 1.54) is 48.5 Å². The quantitative estimate of drug-likeness (QED) is 0.0452. The molecule has 1 aromatic heterocycles. The van der Waals surface area contributed by atoms with Gasteiger partial charge in [-0.05, 0) is 66.9 Å². The summed E-state index contributed by atoms with van der Waals surface area (Å²) in [6.45, 7) is -0.139. The first-order valence-corrected chi connectivity index (χ1v) is 16.2. The van der Waals surface area contributed by atoms with Crippen molar-refractivity contribution >= 4 is 46.3 Å². The summed E-state index contributed by atoms with van der Waals surface area (Å²) >= 11 is 0. The Bertz CT molecular complexity index is 2130. The van der Waals surface area contributed by atoms with Crippen LogP contribution in [0.2, 0.25) is 0 Å². The fraction of sp³-hybridized carbons (Fsp3) is 0.265. The largest absolute Gasteiger partial charge is 0.508 e. The van der Waals surface area contributed by atoms with Crippen molar-refractivity contribution in [3.63, 3.8) is 0 Å². The van der Waals surface area contributed by atoms with Crippen LogP contribution in [-0.2, 0) is 16.0 Å². The Balaban J connectivity index is 1.40. The highest BCUT2D eigenvalue weighted by atomic mass is 16.5. The van der Waals surface area contributed by atoms with E-state index in [9.17, 15) is 33.9 Å². The molecule has 1 aliphatic heterocycles. The molecule has 4 aromatic rings. The van der Waals surface area contributed by atoms with Crippen LogP contribution in [0.1, 0.15) is 39.1 Å². The molecule has 18 nitrogen and oxygen atoms in total. The summed E-state index contributed by atoms with van der Waals surface area (Å²) in [5, 5.41) is 20.6. The van der Waals surface area contributed by atoms with Crippen molar-refractivity contribution in [2.75, 3.05) is 25.0 Å². The third-order valence-corrected chi connectivity index (χ3v) is 8.09. The van der Waals surface area contributed by atoms with Gasteiger partial charge in [0.1, 0.15) is 30.2 Å². The van der Waals surface area contributed by atoms with Crippen molar-refractivity contribution in [2.45, 2.75) is 37.4 Å². The standard InChI is InChI=1S/C34H38N10O8/c35-23-15-39-29(47)22-14-19(40-28(46)18-5-9-24-25(13-18)43-33(51)32(50)42-24)6-10-27(22)52-16-20(2-1-11-38-34(36)37)41-31(49)26(44-30(23)48)12-17-3-7-21(45)8-4-17/h3-10,13-14,20,23,26,45H,1-2,11-12,15-16,35H2,(H,39,47)(H,40,46)(H,41,49)(H,42,50)(H,43,51)(H,44,48)(H4,36,37,38)/t20-,23+,26-/m0/s1. The summed E-state index contributed by atoms with van der Waals surface area (Å²) in [5.41, 5.74) is 16.9. The molecule has 5 rings (SSSR count). The summed E-state index contributed by atoms with van der Waals surface area (Å²) in [6.07, 6.45) is 0.873. The second-order valence-electron chi connectivity index (χ2n) is 12.0. The van der Waals surface area contributed by atoms with Crippen molar-refractivity contribution in [1.29, 1.82) is 0 Å². The number of H-pyrrole nitrogens is 2. The van der Waals surface area contributed by atoms with Crippen LogP contribution in [0.5, 0.6) is 11.5 Å². The highest BCUT2D eigenvalue weighted by molar-refractivity contribution is 6.07. The van der Waals surface area contributed by atoms with Crippen LogP contribution in [0.25, 0.3) is 11.0 Å². The predicted octanol–water partition coefficient (Wildman–Crippen LogP) is -1.11. The lowest BCUT2D eigenvalue weighted by Gasteiger charge is -2.26. The number of aromatic hydroxyl groups is 1. The second kappa shape index (κ2) is 16.3. The molecule has 0 bridgehead atoms. The van der Waals surface area contributed by atoms with Gasteiger partial charge in [-0.1, -0.05) is 12.1 Å². The molecule has 0 fully saturated rings. The van der Waals surface area contributed by atoms with E-state index in [2.05, 4.69) is 36.2 Å². The van der Waals surface area contributed by atoms with E-state index in [0.717, 1.165) is 0 Å². The van der Waals surface area contributed by atoms with E-state index in [-0.39, 0.29) is 65.9 Å². The number of rotatable bonds is 8. The smallest absolute Gasteiger partial charge is 0.314 e. The maximum absolute atomic E-state index is 13.6. The number of anilines is 1. The van der Waals surface area contributed by atoms with Gasteiger partial charge in [-0.15, -0.1) is 0 Å². The molecule has 1 aliphatic rings. The minimum atomic E-state index is -1.25. The summed E-state index contributed by atoms with van der Waals surface area (Å²) in [6, 6.07) is 11.9. The number of phenols is 1. The SMILES string of the molecule is NC(N)=NCCC[C@H]1COc2ccc(NC(=O)c3ccc4[nH]c(=O)c(=O)[nH]c4c3)cc2C(=O)NC[C@@H](N)C(=O)N[C@@H](Cc2ccc(O)cc2)C(=O)N1. The van der Waals surface area contributed by atoms with Crippen molar-refractivity contribution < 1.29 is 29.0 Å². The molecule has 0 unspecified atom stereocenters. The normalized spacial score (nSPS) is 18.1. The zero-order valence-corrected chi connectivity index (χ0v) is 27.7. The number of nitrogens with zero attached hydrogens (tertiary/aromatic N) is 1. The third-order valence-electron chi connectivity index (χ3n) is 8.09. The number of carbonyl (C=O) groups is 4. The number of benzene rings is 3. The zero-order chi connectivity index (χ0) is 37.4. The lowest BCUT2D eigenvalue weighted by molar-refractivity contribution is -0.130. The van der Waals surface area contributed by atoms with Crippen LogP contribution in [0.3, 0.4) is 0 Å². The number of carbonyl (C=O) groups excluding carboxylic acids is 4. The van der Waals surface area contributed by atoms with E-state index >= 15 is 0 Å². The molecule has 18 heteroatoms. The van der Waals surface area contributed by atoms with Crippen LogP contribution in [0.15, 0.2) is 75.2 Å². The number of nitrogens with two attached hydrogens (primary N) is 3. The van der Waals surface area contributed by atoms with Crippen LogP contribution >= 0.6 is 0 Å². The summed E-state index contributed by atoms with van der Waals surface area (Å²) < 4.78 is 6.09. The Hall–Kier alpha value is -6.69. The molecule has 3 atom stereocenters. The maximum atomic E-state index is 13.6. The summed E-state index contributed by atoms with van der Waals surface area (Å²) in [7, 11) is 0.